The molecule has 0 bridgehead atoms. The summed E-state index contributed by atoms with van der Waals surface area (Å²) in [5.74, 6) is -0.104. The highest BCUT2D eigenvalue weighted by atomic mass is 31.2. The predicted octanol–water partition coefficient (Wildman–Crippen LogP) is 2.51. The Hall–Kier alpha value is -4.81. The highest BCUT2D eigenvalue weighted by molar-refractivity contribution is 7.46. The number of hydrogen-bond donors (Lipinski definition) is 2. The normalized spacial score (nSPS) is 12.1. The minimum Gasteiger partial charge on any atom is -0.303 e. The number of nitriles is 1. The molecule has 1 aromatic carbocycles. The molecule has 0 amide bonds. The van der Waals surface area contributed by atoms with Crippen molar-refractivity contribution in [2.24, 2.45) is 0 Å². The molecule has 5 rings (SSSR count). The molecule has 5 aromatic rings. The topological polar surface area (TPSA) is 186 Å². The molecule has 13 nitrogen and oxygen atoms in total. The zero-order valence-corrected chi connectivity index (χ0v) is 20.5. The molecule has 0 aliphatic carbocycles. The third-order valence-electron chi connectivity index (χ3n) is 5.64. The number of phosphoric acid groups is 1. The Balaban J connectivity index is 1.88. The maximum atomic E-state index is 13.6. The van der Waals surface area contributed by atoms with E-state index in [0.717, 1.165) is 22.9 Å². The van der Waals surface area contributed by atoms with Crippen molar-refractivity contribution < 1.29 is 32.0 Å². The molecule has 0 saturated heterocycles. The number of phosphoric ester groups is 1. The van der Waals surface area contributed by atoms with Gasteiger partial charge < -0.3 is 9.79 Å². The van der Waals surface area contributed by atoms with E-state index >= 15 is 0 Å². The smallest absolute Gasteiger partial charge is 0.303 e. The summed E-state index contributed by atoms with van der Waals surface area (Å²) >= 11 is 0. The molecule has 0 saturated carbocycles. The lowest BCUT2D eigenvalue weighted by atomic mass is 10.1. The second kappa shape index (κ2) is 9.74. The molecule has 0 atom stereocenters. The minimum absolute atomic E-state index is 0.0611. The fourth-order valence-corrected chi connectivity index (χ4v) is 4.14. The molecule has 4 heterocycles. The summed E-state index contributed by atoms with van der Waals surface area (Å²) in [5.41, 5.74) is -3.32. The van der Waals surface area contributed by atoms with Gasteiger partial charge in [0.2, 0.25) is 5.82 Å². The first-order valence-corrected chi connectivity index (χ1v) is 12.5. The predicted molar refractivity (Wildman–Crippen MR) is 131 cm³/mol. The Bertz CT molecular complexity index is 2010. The number of benzene rings is 1. The number of nitrogens with zero attached hydrogens (tertiary/aromatic N) is 7. The van der Waals surface area contributed by atoms with E-state index in [1.165, 1.54) is 30.6 Å². The fourth-order valence-electron chi connectivity index (χ4n) is 3.87. The lowest BCUT2D eigenvalue weighted by Crippen LogP contribution is -2.40. The van der Waals surface area contributed by atoms with Gasteiger partial charge in [0.1, 0.15) is 18.3 Å². The van der Waals surface area contributed by atoms with Crippen LogP contribution in [0.1, 0.15) is 11.4 Å². The van der Waals surface area contributed by atoms with Gasteiger partial charge in [-0.1, -0.05) is 6.07 Å². The third kappa shape index (κ3) is 4.97. The average molecular weight is 571 g/mol. The molecule has 0 fully saturated rings. The van der Waals surface area contributed by atoms with Crippen LogP contribution in [-0.4, -0.2) is 38.9 Å². The molecule has 0 radical (unpaired) electrons. The molecular formula is C23H13F3N7O6P. The van der Waals surface area contributed by atoms with E-state index in [4.69, 9.17) is 15.0 Å². The van der Waals surface area contributed by atoms with Crippen LogP contribution in [-0.2, 0) is 22.0 Å². The molecule has 17 heteroatoms. The summed E-state index contributed by atoms with van der Waals surface area (Å²) in [5, 5.41) is 8.63. The van der Waals surface area contributed by atoms with Crippen molar-refractivity contribution in [2.45, 2.75) is 12.9 Å². The van der Waals surface area contributed by atoms with Crippen molar-refractivity contribution in [3.63, 3.8) is 0 Å². The molecule has 40 heavy (non-hydrogen) atoms. The first-order chi connectivity index (χ1) is 18.9. The van der Waals surface area contributed by atoms with Crippen LogP contribution in [0.3, 0.4) is 0 Å². The number of hydrogen-bond acceptors (Lipinski definition) is 9. The molecule has 0 unspecified atom stereocenters. The van der Waals surface area contributed by atoms with Crippen LogP contribution in [0.5, 0.6) is 0 Å². The number of pyridine rings is 2. The van der Waals surface area contributed by atoms with Crippen LogP contribution in [0.2, 0.25) is 0 Å². The van der Waals surface area contributed by atoms with E-state index in [1.807, 2.05) is 0 Å². The van der Waals surface area contributed by atoms with Crippen LogP contribution in [0.25, 0.3) is 38.9 Å². The van der Waals surface area contributed by atoms with Crippen LogP contribution in [0, 0.1) is 11.3 Å². The maximum Gasteiger partial charge on any atom is 0.471 e. The van der Waals surface area contributed by atoms with Crippen LogP contribution in [0.15, 0.2) is 64.6 Å². The van der Waals surface area contributed by atoms with Crippen molar-refractivity contribution in [1.82, 2.24) is 29.1 Å². The summed E-state index contributed by atoms with van der Waals surface area (Å²) in [6.07, 6.45) is -1.10. The highest BCUT2D eigenvalue weighted by Gasteiger charge is 2.31. The van der Waals surface area contributed by atoms with E-state index < -0.39 is 37.5 Å². The number of aromatic nitrogens is 6. The first-order valence-electron chi connectivity index (χ1n) is 10.9. The molecule has 202 valence electrons. The Kier molecular flexibility index (Phi) is 6.52. The standard InChI is InChI=1S/C23H13F3N7O6P/c24-23(25,26)13-2-1-3-14(6-13)33-20-15(21(34)32(22(33)35)11-39-40(36,37)38)10-28-17-5-4-16(31-19(17)20)12-8-29-18(7-27)30-9-12/h1-6,8-10H,11H2,(H2,36,37,38). The molecule has 0 spiro atoms. The largest absolute Gasteiger partial charge is 0.471 e. The van der Waals surface area contributed by atoms with Gasteiger partial charge in [0, 0.05) is 24.2 Å². The molecule has 0 aliphatic rings. The second-order valence-electron chi connectivity index (χ2n) is 8.14. The Labute approximate surface area is 219 Å². The van der Waals surface area contributed by atoms with E-state index in [0.29, 0.717) is 16.2 Å². The van der Waals surface area contributed by atoms with Crippen LogP contribution >= 0.6 is 7.82 Å². The Morgan fingerprint density at radius 1 is 1.05 bits per heavy atom. The van der Waals surface area contributed by atoms with E-state index in [-0.39, 0.29) is 39.1 Å². The first kappa shape index (κ1) is 26.8. The lowest BCUT2D eigenvalue weighted by molar-refractivity contribution is -0.137. The molecule has 2 N–H and O–H groups in total. The highest BCUT2D eigenvalue weighted by Crippen LogP contribution is 2.36. The monoisotopic (exact) mass is 571 g/mol. The van der Waals surface area contributed by atoms with Gasteiger partial charge in [0.25, 0.3) is 5.56 Å². The minimum atomic E-state index is -5.15. The van der Waals surface area contributed by atoms with Gasteiger partial charge in [0.15, 0.2) is 0 Å². The van der Waals surface area contributed by atoms with Gasteiger partial charge in [-0.25, -0.2) is 28.9 Å². The van der Waals surface area contributed by atoms with E-state index in [2.05, 4.69) is 24.5 Å². The Morgan fingerprint density at radius 3 is 2.42 bits per heavy atom. The maximum absolute atomic E-state index is 13.6. The van der Waals surface area contributed by atoms with Crippen molar-refractivity contribution in [1.29, 1.82) is 5.26 Å². The van der Waals surface area contributed by atoms with E-state index in [1.54, 1.807) is 6.07 Å². The SMILES string of the molecule is N#Cc1ncc(-c2ccc3ncc4c(=O)n(COP(=O)(O)O)c(=O)n(-c5cccc(C(F)(F)F)c5)c4c3n2)cn1. The van der Waals surface area contributed by atoms with Crippen molar-refractivity contribution in [3.05, 3.63) is 87.2 Å². The van der Waals surface area contributed by atoms with Crippen LogP contribution in [0.4, 0.5) is 13.2 Å². The summed E-state index contributed by atoms with van der Waals surface area (Å²) < 4.78 is 57.3. The number of fused-ring (bicyclic) bond motifs is 3. The summed E-state index contributed by atoms with van der Waals surface area (Å²) in [4.78, 5) is 61.4. The molecule has 4 aromatic heterocycles. The summed E-state index contributed by atoms with van der Waals surface area (Å²) in [6, 6.07) is 8.46. The Morgan fingerprint density at radius 2 is 1.77 bits per heavy atom. The fraction of sp³-hybridized carbons (Fsp3) is 0.0870. The second-order valence-corrected chi connectivity index (χ2v) is 9.38. The van der Waals surface area contributed by atoms with Crippen molar-refractivity contribution >= 4 is 29.8 Å². The van der Waals surface area contributed by atoms with Gasteiger partial charge in [0.05, 0.1) is 33.4 Å². The number of halogens is 3. The van der Waals surface area contributed by atoms with Gasteiger partial charge in [-0.3, -0.25) is 18.9 Å². The number of rotatable bonds is 5. The van der Waals surface area contributed by atoms with Gasteiger partial charge in [-0.15, -0.1) is 0 Å². The van der Waals surface area contributed by atoms with Crippen molar-refractivity contribution in [3.8, 4) is 23.0 Å². The van der Waals surface area contributed by atoms with Gasteiger partial charge in [-0.05, 0) is 30.3 Å². The quantitative estimate of drug-likeness (QED) is 0.233. The molecule has 0 aliphatic heterocycles. The zero-order valence-electron chi connectivity index (χ0n) is 19.6. The van der Waals surface area contributed by atoms with Gasteiger partial charge in [-0.2, -0.15) is 18.4 Å². The summed E-state index contributed by atoms with van der Waals surface area (Å²) in [7, 11) is -5.15. The average Bonchev–Trinajstić information content (AvgIpc) is 2.92. The zero-order chi connectivity index (χ0) is 28.8. The van der Waals surface area contributed by atoms with Crippen LogP contribution < -0.4 is 11.2 Å². The lowest BCUT2D eigenvalue weighted by Gasteiger charge is -2.17. The third-order valence-corrected chi connectivity index (χ3v) is 6.09. The summed E-state index contributed by atoms with van der Waals surface area (Å²) in [6.45, 7) is -1.20. The van der Waals surface area contributed by atoms with E-state index in [9.17, 15) is 27.3 Å². The van der Waals surface area contributed by atoms with Gasteiger partial charge >= 0.3 is 19.7 Å². The number of alkyl halides is 3. The van der Waals surface area contributed by atoms with Crippen molar-refractivity contribution in [2.75, 3.05) is 0 Å². The molecular weight excluding hydrogens is 558 g/mol.